The molecule has 3 aromatic rings. The van der Waals surface area contributed by atoms with E-state index in [0.717, 1.165) is 10.9 Å². The maximum atomic E-state index is 11.3. The monoisotopic (exact) mass is 293 g/mol. The Morgan fingerprint density at radius 2 is 1.68 bits per heavy atom. The molecule has 1 aliphatic carbocycles. The quantitative estimate of drug-likeness (QED) is 0.722. The van der Waals surface area contributed by atoms with Crippen molar-refractivity contribution >= 4 is 27.8 Å². The Balaban J connectivity index is 2.04. The maximum absolute atomic E-state index is 11.3. The molecular weight excluding hydrogens is 274 g/mol. The summed E-state index contributed by atoms with van der Waals surface area (Å²) in [5.74, 6) is -0.859. The van der Waals surface area contributed by atoms with Crippen molar-refractivity contribution in [3.8, 4) is 0 Å². The Morgan fingerprint density at radius 1 is 0.955 bits per heavy atom. The van der Waals surface area contributed by atoms with Crippen LogP contribution in [-0.2, 0) is 0 Å². The van der Waals surface area contributed by atoms with Crippen molar-refractivity contribution in [3.63, 3.8) is 0 Å². The lowest BCUT2D eigenvalue weighted by Crippen LogP contribution is -2.12. The van der Waals surface area contributed by atoms with E-state index in [4.69, 9.17) is 0 Å². The molecule has 0 aliphatic heterocycles. The van der Waals surface area contributed by atoms with Crippen LogP contribution in [-0.4, -0.2) is 15.6 Å². The Hall–Kier alpha value is -2.29. The van der Waals surface area contributed by atoms with E-state index < -0.39 is 5.97 Å². The maximum Gasteiger partial charge on any atom is 0.335 e. The van der Waals surface area contributed by atoms with E-state index in [-0.39, 0.29) is 0 Å². The Labute approximate surface area is 129 Å². The van der Waals surface area contributed by atoms with E-state index in [9.17, 15) is 9.90 Å². The Kier molecular flexibility index (Phi) is 3.14. The van der Waals surface area contributed by atoms with Crippen molar-refractivity contribution < 1.29 is 9.90 Å². The number of nitrogens with zero attached hydrogens (tertiary/aromatic N) is 1. The molecule has 2 aromatic carbocycles. The highest BCUT2D eigenvalue weighted by Crippen LogP contribution is 2.37. The average Bonchev–Trinajstić information content (AvgIpc) is 2.89. The number of benzene rings is 2. The summed E-state index contributed by atoms with van der Waals surface area (Å²) in [4.78, 5) is 11.3. The van der Waals surface area contributed by atoms with Crippen molar-refractivity contribution in [2.24, 2.45) is 0 Å². The SMILES string of the molecule is O=C(O)c1ccc2c3ccccc3n(C3CCCCC3)c2c1. The molecule has 1 heterocycles. The standard InChI is InChI=1S/C19H19NO2/c21-19(22)13-10-11-16-15-8-4-5-9-17(15)20(18(16)12-13)14-6-2-1-3-7-14/h4-5,8-12,14H,1-3,6-7H2,(H,21,22). The van der Waals surface area contributed by atoms with Crippen LogP contribution in [0.4, 0.5) is 0 Å². The van der Waals surface area contributed by atoms with E-state index in [1.165, 1.54) is 43.0 Å². The number of aromatic nitrogens is 1. The van der Waals surface area contributed by atoms with E-state index in [1.54, 1.807) is 6.07 Å². The van der Waals surface area contributed by atoms with E-state index in [1.807, 2.05) is 12.1 Å². The van der Waals surface area contributed by atoms with Gasteiger partial charge < -0.3 is 9.67 Å². The number of hydrogen-bond acceptors (Lipinski definition) is 1. The molecule has 0 bridgehead atoms. The van der Waals surface area contributed by atoms with Gasteiger partial charge in [-0.15, -0.1) is 0 Å². The van der Waals surface area contributed by atoms with Crippen LogP contribution in [0.25, 0.3) is 21.8 Å². The van der Waals surface area contributed by atoms with Gasteiger partial charge in [-0.05, 0) is 31.0 Å². The summed E-state index contributed by atoms with van der Waals surface area (Å²) in [5.41, 5.74) is 2.66. The zero-order valence-electron chi connectivity index (χ0n) is 12.5. The fraction of sp³-hybridized carbons (Fsp3) is 0.316. The highest BCUT2D eigenvalue weighted by atomic mass is 16.4. The van der Waals surface area contributed by atoms with Crippen molar-refractivity contribution in [1.29, 1.82) is 0 Å². The third kappa shape index (κ3) is 2.00. The number of carbonyl (C=O) groups is 1. The van der Waals surface area contributed by atoms with Crippen molar-refractivity contribution in [2.45, 2.75) is 38.1 Å². The van der Waals surface area contributed by atoms with Gasteiger partial charge in [0.1, 0.15) is 0 Å². The molecule has 0 unspecified atom stereocenters. The molecule has 1 aliphatic rings. The molecule has 1 fully saturated rings. The lowest BCUT2D eigenvalue weighted by molar-refractivity contribution is 0.0697. The zero-order chi connectivity index (χ0) is 15.1. The van der Waals surface area contributed by atoms with Gasteiger partial charge in [-0.3, -0.25) is 0 Å². The van der Waals surface area contributed by atoms with Crippen molar-refractivity contribution in [3.05, 3.63) is 48.0 Å². The van der Waals surface area contributed by atoms with Crippen LogP contribution in [0, 0.1) is 0 Å². The van der Waals surface area contributed by atoms with E-state index in [0.29, 0.717) is 11.6 Å². The van der Waals surface area contributed by atoms with Crippen LogP contribution < -0.4 is 0 Å². The van der Waals surface area contributed by atoms with Gasteiger partial charge in [-0.2, -0.15) is 0 Å². The number of carboxylic acid groups (broad SMARTS) is 1. The summed E-state index contributed by atoms with van der Waals surface area (Å²) in [6, 6.07) is 14.4. The van der Waals surface area contributed by atoms with Crippen LogP contribution in [0.1, 0.15) is 48.5 Å². The molecule has 3 nitrogen and oxygen atoms in total. The molecule has 0 radical (unpaired) electrons. The molecule has 0 saturated heterocycles. The van der Waals surface area contributed by atoms with Crippen LogP contribution in [0.2, 0.25) is 0 Å². The predicted molar refractivity (Wildman–Crippen MR) is 88.5 cm³/mol. The second-order valence-corrected chi connectivity index (χ2v) is 6.22. The number of rotatable bonds is 2. The highest BCUT2D eigenvalue weighted by molar-refractivity contribution is 6.09. The van der Waals surface area contributed by atoms with Crippen LogP contribution in [0.3, 0.4) is 0 Å². The highest BCUT2D eigenvalue weighted by Gasteiger charge is 2.21. The van der Waals surface area contributed by atoms with E-state index in [2.05, 4.69) is 28.8 Å². The third-order valence-corrected chi connectivity index (χ3v) is 4.90. The van der Waals surface area contributed by atoms with E-state index >= 15 is 0 Å². The molecule has 22 heavy (non-hydrogen) atoms. The molecule has 4 rings (SSSR count). The van der Waals surface area contributed by atoms with Crippen molar-refractivity contribution in [2.75, 3.05) is 0 Å². The fourth-order valence-electron chi connectivity index (χ4n) is 3.87. The first-order valence-electron chi connectivity index (χ1n) is 8.02. The number of hydrogen-bond donors (Lipinski definition) is 1. The molecular formula is C19H19NO2. The second kappa shape index (κ2) is 5.16. The third-order valence-electron chi connectivity index (χ3n) is 4.90. The first-order valence-corrected chi connectivity index (χ1v) is 8.02. The smallest absolute Gasteiger partial charge is 0.335 e. The summed E-state index contributed by atoms with van der Waals surface area (Å²) in [6.45, 7) is 0. The first kappa shape index (κ1) is 13.4. The van der Waals surface area contributed by atoms with Gasteiger partial charge in [-0.1, -0.05) is 43.5 Å². The fourth-order valence-corrected chi connectivity index (χ4v) is 3.87. The number of fused-ring (bicyclic) bond motifs is 3. The van der Waals surface area contributed by atoms with Gasteiger partial charge in [0.05, 0.1) is 11.1 Å². The first-order chi connectivity index (χ1) is 10.8. The summed E-state index contributed by atoms with van der Waals surface area (Å²) < 4.78 is 2.39. The number of carboxylic acids is 1. The lowest BCUT2D eigenvalue weighted by Gasteiger charge is -2.25. The van der Waals surface area contributed by atoms with Gasteiger partial charge >= 0.3 is 5.97 Å². The summed E-state index contributed by atoms with van der Waals surface area (Å²) in [5, 5.41) is 11.7. The Bertz CT molecular complexity index is 856. The Morgan fingerprint density at radius 3 is 2.45 bits per heavy atom. The molecule has 1 saturated carbocycles. The molecule has 1 aromatic heterocycles. The molecule has 0 amide bonds. The van der Waals surface area contributed by atoms with Gasteiger partial charge in [0.15, 0.2) is 0 Å². The number of aromatic carboxylic acids is 1. The summed E-state index contributed by atoms with van der Waals surface area (Å²) in [7, 11) is 0. The average molecular weight is 293 g/mol. The minimum Gasteiger partial charge on any atom is -0.478 e. The molecule has 112 valence electrons. The summed E-state index contributed by atoms with van der Waals surface area (Å²) in [6.07, 6.45) is 6.21. The van der Waals surface area contributed by atoms with Crippen LogP contribution in [0.5, 0.6) is 0 Å². The normalized spacial score (nSPS) is 16.4. The molecule has 1 N–H and O–H groups in total. The second-order valence-electron chi connectivity index (χ2n) is 6.22. The lowest BCUT2D eigenvalue weighted by atomic mass is 9.95. The van der Waals surface area contributed by atoms with Crippen LogP contribution in [0.15, 0.2) is 42.5 Å². The summed E-state index contributed by atoms with van der Waals surface area (Å²) >= 11 is 0. The van der Waals surface area contributed by atoms with Crippen LogP contribution >= 0.6 is 0 Å². The topological polar surface area (TPSA) is 42.2 Å². The molecule has 0 atom stereocenters. The van der Waals surface area contributed by atoms with Gasteiger partial charge in [-0.25, -0.2) is 4.79 Å². The van der Waals surface area contributed by atoms with Gasteiger partial charge in [0, 0.05) is 22.3 Å². The zero-order valence-corrected chi connectivity index (χ0v) is 12.5. The largest absolute Gasteiger partial charge is 0.478 e. The minimum atomic E-state index is -0.859. The van der Waals surface area contributed by atoms with Gasteiger partial charge in [0.2, 0.25) is 0 Å². The number of para-hydroxylation sites is 1. The molecule has 0 spiro atoms. The molecule has 3 heteroatoms. The van der Waals surface area contributed by atoms with Gasteiger partial charge in [0.25, 0.3) is 0 Å². The predicted octanol–water partition coefficient (Wildman–Crippen LogP) is 5.00. The minimum absolute atomic E-state index is 0.368. The van der Waals surface area contributed by atoms with Crippen molar-refractivity contribution in [1.82, 2.24) is 4.57 Å².